The Morgan fingerprint density at radius 3 is 2.76 bits per heavy atom. The molecule has 1 aliphatic rings. The van der Waals surface area contributed by atoms with Gasteiger partial charge in [-0.25, -0.2) is 0 Å². The van der Waals surface area contributed by atoms with Gasteiger partial charge in [0.2, 0.25) is 0 Å². The standard InChI is InChI=1S/C15H19BrN2O3/c1-15(14(20)21)7-3-2-4-12(15)18-11-8-9(16)5-6-10(11)13(17)19/h5-6,8,12,18H,2-4,7H2,1H3,(H2,17,19)(H,20,21). The number of amides is 1. The highest BCUT2D eigenvalue weighted by Gasteiger charge is 2.43. The Labute approximate surface area is 132 Å². The second-order valence-corrected chi connectivity index (χ2v) is 6.64. The fourth-order valence-electron chi connectivity index (χ4n) is 2.86. The first-order valence-corrected chi connectivity index (χ1v) is 7.73. The van der Waals surface area contributed by atoms with Crippen molar-refractivity contribution in [2.24, 2.45) is 11.1 Å². The topological polar surface area (TPSA) is 92.4 Å². The average Bonchev–Trinajstić information content (AvgIpc) is 2.41. The van der Waals surface area contributed by atoms with Crippen molar-refractivity contribution in [1.29, 1.82) is 0 Å². The molecule has 0 bridgehead atoms. The fourth-order valence-corrected chi connectivity index (χ4v) is 3.22. The van der Waals surface area contributed by atoms with Gasteiger partial charge in [0.05, 0.1) is 11.0 Å². The number of benzene rings is 1. The number of carboxylic acid groups (broad SMARTS) is 1. The van der Waals surface area contributed by atoms with E-state index in [0.29, 0.717) is 17.7 Å². The molecule has 1 saturated carbocycles. The maximum Gasteiger partial charge on any atom is 0.311 e. The minimum Gasteiger partial charge on any atom is -0.481 e. The predicted molar refractivity (Wildman–Crippen MR) is 84.3 cm³/mol. The van der Waals surface area contributed by atoms with Crippen LogP contribution in [0.1, 0.15) is 43.0 Å². The Hall–Kier alpha value is -1.56. The summed E-state index contributed by atoms with van der Waals surface area (Å²) in [5, 5.41) is 12.8. The highest BCUT2D eigenvalue weighted by molar-refractivity contribution is 9.10. The van der Waals surface area contributed by atoms with E-state index in [1.165, 1.54) is 0 Å². The molecule has 0 spiro atoms. The molecule has 0 saturated heterocycles. The molecule has 1 aliphatic carbocycles. The van der Waals surface area contributed by atoms with E-state index in [2.05, 4.69) is 21.2 Å². The highest BCUT2D eigenvalue weighted by Crippen LogP contribution is 2.39. The van der Waals surface area contributed by atoms with Crippen LogP contribution in [0.5, 0.6) is 0 Å². The van der Waals surface area contributed by atoms with Crippen LogP contribution < -0.4 is 11.1 Å². The lowest BCUT2D eigenvalue weighted by atomic mass is 9.71. The monoisotopic (exact) mass is 354 g/mol. The largest absolute Gasteiger partial charge is 0.481 e. The van der Waals surface area contributed by atoms with Crippen LogP contribution in [0.25, 0.3) is 0 Å². The summed E-state index contributed by atoms with van der Waals surface area (Å²) in [5.74, 6) is -1.34. The van der Waals surface area contributed by atoms with E-state index < -0.39 is 17.3 Å². The van der Waals surface area contributed by atoms with Crippen molar-refractivity contribution in [3.8, 4) is 0 Å². The molecule has 21 heavy (non-hydrogen) atoms. The summed E-state index contributed by atoms with van der Waals surface area (Å²) in [7, 11) is 0. The van der Waals surface area contributed by atoms with Crippen molar-refractivity contribution < 1.29 is 14.7 Å². The molecule has 1 aromatic carbocycles. The Kier molecular flexibility index (Phi) is 4.56. The molecule has 1 fully saturated rings. The summed E-state index contributed by atoms with van der Waals surface area (Å²) < 4.78 is 0.808. The molecule has 5 nitrogen and oxygen atoms in total. The quantitative estimate of drug-likeness (QED) is 0.774. The lowest BCUT2D eigenvalue weighted by Crippen LogP contribution is -2.46. The van der Waals surface area contributed by atoms with Gasteiger partial charge < -0.3 is 16.2 Å². The molecular formula is C15H19BrN2O3. The van der Waals surface area contributed by atoms with Crippen molar-refractivity contribution in [3.05, 3.63) is 28.2 Å². The van der Waals surface area contributed by atoms with E-state index in [-0.39, 0.29) is 6.04 Å². The molecule has 1 amide bonds. The van der Waals surface area contributed by atoms with Crippen LogP contribution in [0.3, 0.4) is 0 Å². The first-order chi connectivity index (χ1) is 9.84. The molecule has 0 heterocycles. The number of carbonyl (C=O) groups excluding carboxylic acids is 1. The normalized spacial score (nSPS) is 25.3. The predicted octanol–water partition coefficient (Wildman–Crippen LogP) is 2.99. The Balaban J connectivity index is 2.33. The zero-order chi connectivity index (χ0) is 15.6. The van der Waals surface area contributed by atoms with Gasteiger partial charge in [0, 0.05) is 16.2 Å². The van der Waals surface area contributed by atoms with Crippen molar-refractivity contribution in [2.45, 2.75) is 38.6 Å². The third-order valence-corrected chi connectivity index (χ3v) is 4.77. The average molecular weight is 355 g/mol. The number of nitrogens with two attached hydrogens (primary N) is 1. The van der Waals surface area contributed by atoms with Gasteiger partial charge in [0.25, 0.3) is 5.91 Å². The minimum absolute atomic E-state index is 0.226. The van der Waals surface area contributed by atoms with Crippen LogP contribution in [0.15, 0.2) is 22.7 Å². The van der Waals surface area contributed by atoms with E-state index >= 15 is 0 Å². The van der Waals surface area contributed by atoms with Crippen LogP contribution in [-0.2, 0) is 4.79 Å². The lowest BCUT2D eigenvalue weighted by molar-refractivity contribution is -0.150. The summed E-state index contributed by atoms with van der Waals surface area (Å²) in [6.07, 6.45) is 3.26. The summed E-state index contributed by atoms with van der Waals surface area (Å²) >= 11 is 3.36. The lowest BCUT2D eigenvalue weighted by Gasteiger charge is -2.39. The highest BCUT2D eigenvalue weighted by atomic mass is 79.9. The molecular weight excluding hydrogens is 336 g/mol. The number of primary amides is 1. The summed E-state index contributed by atoms with van der Waals surface area (Å²) in [6, 6.07) is 4.91. The fraction of sp³-hybridized carbons (Fsp3) is 0.467. The number of aliphatic carboxylic acids is 1. The van der Waals surface area contributed by atoms with Crippen molar-refractivity contribution in [1.82, 2.24) is 0 Å². The van der Waals surface area contributed by atoms with E-state index in [1.807, 2.05) is 0 Å². The van der Waals surface area contributed by atoms with Gasteiger partial charge in [-0.3, -0.25) is 9.59 Å². The first-order valence-electron chi connectivity index (χ1n) is 6.94. The molecule has 0 aromatic heterocycles. The van der Waals surface area contributed by atoms with E-state index in [1.54, 1.807) is 25.1 Å². The van der Waals surface area contributed by atoms with Gasteiger partial charge in [-0.05, 0) is 38.0 Å². The van der Waals surface area contributed by atoms with Crippen molar-refractivity contribution >= 4 is 33.5 Å². The zero-order valence-electron chi connectivity index (χ0n) is 11.9. The SMILES string of the molecule is CC1(C(=O)O)CCCCC1Nc1cc(Br)ccc1C(N)=O. The van der Waals surface area contributed by atoms with Crippen LogP contribution in [0, 0.1) is 5.41 Å². The van der Waals surface area contributed by atoms with Crippen LogP contribution >= 0.6 is 15.9 Å². The van der Waals surface area contributed by atoms with Crippen molar-refractivity contribution in [3.63, 3.8) is 0 Å². The maximum absolute atomic E-state index is 11.6. The second-order valence-electron chi connectivity index (χ2n) is 5.72. The van der Waals surface area contributed by atoms with E-state index in [4.69, 9.17) is 5.73 Å². The number of hydrogen-bond acceptors (Lipinski definition) is 3. The molecule has 4 N–H and O–H groups in total. The zero-order valence-corrected chi connectivity index (χ0v) is 13.4. The second kappa shape index (κ2) is 6.05. The Morgan fingerprint density at radius 2 is 2.14 bits per heavy atom. The third kappa shape index (κ3) is 3.20. The minimum atomic E-state index is -0.838. The van der Waals surface area contributed by atoms with Crippen LogP contribution in [-0.4, -0.2) is 23.0 Å². The van der Waals surface area contributed by atoms with Crippen LogP contribution in [0.4, 0.5) is 5.69 Å². The van der Waals surface area contributed by atoms with Gasteiger partial charge in [0.1, 0.15) is 0 Å². The van der Waals surface area contributed by atoms with Gasteiger partial charge in [0.15, 0.2) is 0 Å². The van der Waals surface area contributed by atoms with Gasteiger partial charge in [-0.2, -0.15) is 0 Å². The Bertz CT molecular complexity index is 576. The molecule has 6 heteroatoms. The van der Waals surface area contributed by atoms with E-state index in [9.17, 15) is 14.7 Å². The number of anilines is 1. The number of nitrogens with one attached hydrogen (secondary N) is 1. The number of carboxylic acids is 1. The molecule has 2 unspecified atom stereocenters. The molecule has 114 valence electrons. The maximum atomic E-state index is 11.6. The number of halogens is 1. The van der Waals surface area contributed by atoms with Crippen LogP contribution in [0.2, 0.25) is 0 Å². The number of hydrogen-bond donors (Lipinski definition) is 3. The smallest absolute Gasteiger partial charge is 0.311 e. The third-order valence-electron chi connectivity index (χ3n) is 4.27. The van der Waals surface area contributed by atoms with Crippen molar-refractivity contribution in [2.75, 3.05) is 5.32 Å². The molecule has 0 aliphatic heterocycles. The van der Waals surface area contributed by atoms with Gasteiger partial charge >= 0.3 is 5.97 Å². The molecule has 2 atom stereocenters. The molecule has 2 rings (SSSR count). The van der Waals surface area contributed by atoms with Gasteiger partial charge in [-0.1, -0.05) is 28.8 Å². The first kappa shape index (κ1) is 15.8. The summed E-state index contributed by atoms with van der Waals surface area (Å²) in [6.45, 7) is 1.76. The summed E-state index contributed by atoms with van der Waals surface area (Å²) in [4.78, 5) is 23.1. The molecule has 0 radical (unpaired) electrons. The number of rotatable bonds is 4. The Morgan fingerprint density at radius 1 is 1.43 bits per heavy atom. The molecule has 1 aromatic rings. The summed E-state index contributed by atoms with van der Waals surface area (Å²) in [5.41, 5.74) is 5.50. The van der Waals surface area contributed by atoms with Gasteiger partial charge in [-0.15, -0.1) is 0 Å². The van der Waals surface area contributed by atoms with E-state index in [0.717, 1.165) is 23.7 Å². The number of carbonyl (C=O) groups is 2.